The van der Waals surface area contributed by atoms with Gasteiger partial charge in [-0.15, -0.1) is 11.8 Å². The van der Waals surface area contributed by atoms with Gasteiger partial charge in [-0.25, -0.2) is 0 Å². The van der Waals surface area contributed by atoms with E-state index in [0.717, 1.165) is 28.3 Å². The summed E-state index contributed by atoms with van der Waals surface area (Å²) >= 11 is 1.58. The van der Waals surface area contributed by atoms with Crippen LogP contribution >= 0.6 is 11.8 Å². The molecule has 0 unspecified atom stereocenters. The maximum absolute atomic E-state index is 12.6. The van der Waals surface area contributed by atoms with E-state index in [0.29, 0.717) is 18.8 Å². The van der Waals surface area contributed by atoms with Gasteiger partial charge in [0.25, 0.3) is 0 Å². The molecular formula is C25H24N2O3S. The van der Waals surface area contributed by atoms with Crippen LogP contribution in [0, 0.1) is 0 Å². The highest BCUT2D eigenvalue weighted by molar-refractivity contribution is 8.00. The fourth-order valence-electron chi connectivity index (χ4n) is 3.58. The molecule has 1 atom stereocenters. The molecule has 1 fully saturated rings. The molecule has 1 saturated heterocycles. The normalized spacial score (nSPS) is 15.7. The second kappa shape index (κ2) is 9.71. The molecule has 4 rings (SSSR count). The topological polar surface area (TPSA) is 58.6 Å². The summed E-state index contributed by atoms with van der Waals surface area (Å²) in [5, 5.41) is 2.83. The van der Waals surface area contributed by atoms with Gasteiger partial charge in [0.15, 0.2) is 0 Å². The molecule has 3 aromatic rings. The Morgan fingerprint density at radius 2 is 1.84 bits per heavy atom. The van der Waals surface area contributed by atoms with E-state index < -0.39 is 0 Å². The Labute approximate surface area is 186 Å². The molecule has 5 nitrogen and oxygen atoms in total. The Kier molecular flexibility index (Phi) is 6.57. The zero-order valence-electron chi connectivity index (χ0n) is 17.3. The van der Waals surface area contributed by atoms with Crippen LogP contribution in [0.1, 0.15) is 23.4 Å². The minimum absolute atomic E-state index is 0.0673. The highest BCUT2D eigenvalue weighted by Crippen LogP contribution is 2.42. The van der Waals surface area contributed by atoms with Gasteiger partial charge in [0.1, 0.15) is 11.1 Å². The molecule has 1 aliphatic rings. The van der Waals surface area contributed by atoms with Gasteiger partial charge in [0.2, 0.25) is 11.8 Å². The van der Waals surface area contributed by atoms with Gasteiger partial charge >= 0.3 is 0 Å². The minimum atomic E-state index is -0.142. The third-order valence-electron chi connectivity index (χ3n) is 4.96. The van der Waals surface area contributed by atoms with Crippen molar-refractivity contribution in [2.45, 2.75) is 18.7 Å². The number of nitrogens with one attached hydrogen (secondary N) is 1. The van der Waals surface area contributed by atoms with Crippen LogP contribution < -0.4 is 15.0 Å². The molecule has 1 aliphatic heterocycles. The van der Waals surface area contributed by atoms with Gasteiger partial charge in [0.05, 0.1) is 18.8 Å². The minimum Gasteiger partial charge on any atom is -0.494 e. The Morgan fingerprint density at radius 3 is 2.58 bits per heavy atom. The molecule has 1 N–H and O–H groups in total. The van der Waals surface area contributed by atoms with Crippen molar-refractivity contribution >= 4 is 35.0 Å². The molecule has 1 heterocycles. The number of hydrogen-bond acceptors (Lipinski definition) is 4. The van der Waals surface area contributed by atoms with Crippen molar-refractivity contribution in [3.63, 3.8) is 0 Å². The molecule has 6 heteroatoms. The average molecular weight is 433 g/mol. The number of rotatable bonds is 7. The lowest BCUT2D eigenvalue weighted by Gasteiger charge is -2.25. The van der Waals surface area contributed by atoms with Gasteiger partial charge in [-0.05, 0) is 54.4 Å². The van der Waals surface area contributed by atoms with Gasteiger partial charge < -0.3 is 10.1 Å². The second-order valence-corrected chi connectivity index (χ2v) is 8.26. The van der Waals surface area contributed by atoms with Crippen LogP contribution in [0.15, 0.2) is 78.9 Å². The van der Waals surface area contributed by atoms with Gasteiger partial charge in [0, 0.05) is 11.4 Å². The lowest BCUT2D eigenvalue weighted by molar-refractivity contribution is -0.116. The van der Waals surface area contributed by atoms with Crippen LogP contribution in [0.25, 0.3) is 0 Å². The van der Waals surface area contributed by atoms with Crippen molar-refractivity contribution in [3.05, 3.63) is 90.0 Å². The largest absolute Gasteiger partial charge is 0.494 e. The first-order valence-electron chi connectivity index (χ1n) is 10.2. The Hall–Kier alpha value is -3.25. The Balaban J connectivity index is 1.50. The van der Waals surface area contributed by atoms with Gasteiger partial charge in [-0.1, -0.05) is 42.5 Å². The predicted octanol–water partition coefficient (Wildman–Crippen LogP) is 5.05. The quantitative estimate of drug-likeness (QED) is 0.568. The maximum Gasteiger partial charge on any atom is 0.238 e. The molecule has 0 aliphatic carbocycles. The van der Waals surface area contributed by atoms with E-state index in [-0.39, 0.29) is 17.2 Å². The van der Waals surface area contributed by atoms with E-state index in [1.165, 1.54) is 0 Å². The van der Waals surface area contributed by atoms with Crippen LogP contribution in [-0.2, 0) is 16.0 Å². The number of thioether (sulfide) groups is 1. The summed E-state index contributed by atoms with van der Waals surface area (Å²) in [5.74, 6) is 1.20. The monoisotopic (exact) mass is 432 g/mol. The third-order valence-corrected chi connectivity index (χ3v) is 6.17. The summed E-state index contributed by atoms with van der Waals surface area (Å²) in [6, 6.07) is 24.9. The number of hydrogen-bond donors (Lipinski definition) is 1. The fourth-order valence-corrected chi connectivity index (χ4v) is 4.74. The standard InChI is InChI=1S/C25H24N2O3S/c1-2-30-22-13-11-21(12-14-22)27-24(29)17-31-25(27)19-9-6-10-20(16-19)26-23(28)15-18-7-4-3-5-8-18/h3-14,16,25H,2,15,17H2,1H3,(H,26,28)/t25-/m0/s1. The van der Waals surface area contributed by atoms with E-state index in [9.17, 15) is 9.59 Å². The lowest BCUT2D eigenvalue weighted by Crippen LogP contribution is -2.27. The van der Waals surface area contributed by atoms with Crippen molar-refractivity contribution in [2.75, 3.05) is 22.6 Å². The molecule has 2 amide bonds. The summed E-state index contributed by atoms with van der Waals surface area (Å²) < 4.78 is 5.51. The van der Waals surface area contributed by atoms with E-state index in [4.69, 9.17) is 4.74 Å². The zero-order valence-corrected chi connectivity index (χ0v) is 18.1. The van der Waals surface area contributed by atoms with Crippen LogP contribution in [0.3, 0.4) is 0 Å². The molecule has 0 aromatic heterocycles. The molecule has 0 radical (unpaired) electrons. The van der Waals surface area contributed by atoms with E-state index in [1.54, 1.807) is 11.8 Å². The highest BCUT2D eigenvalue weighted by atomic mass is 32.2. The molecular weight excluding hydrogens is 408 g/mol. The number of nitrogens with zero attached hydrogens (tertiary/aromatic N) is 1. The second-order valence-electron chi connectivity index (χ2n) is 7.19. The molecule has 0 bridgehead atoms. The first-order chi connectivity index (χ1) is 15.1. The zero-order chi connectivity index (χ0) is 21.6. The number of carbonyl (C=O) groups excluding carboxylic acids is 2. The van der Waals surface area contributed by atoms with E-state index in [1.807, 2.05) is 90.7 Å². The number of benzene rings is 3. The molecule has 0 saturated carbocycles. The number of amides is 2. The van der Waals surface area contributed by atoms with Crippen molar-refractivity contribution in [3.8, 4) is 5.75 Å². The lowest BCUT2D eigenvalue weighted by atomic mass is 10.1. The van der Waals surface area contributed by atoms with Crippen molar-refractivity contribution in [1.29, 1.82) is 0 Å². The summed E-state index contributed by atoms with van der Waals surface area (Å²) in [7, 11) is 0. The Bertz CT molecular complexity index is 1050. The van der Waals surface area contributed by atoms with Crippen LogP contribution in [0.4, 0.5) is 11.4 Å². The number of ether oxygens (including phenoxy) is 1. The van der Waals surface area contributed by atoms with Crippen molar-refractivity contribution < 1.29 is 14.3 Å². The number of anilines is 2. The SMILES string of the molecule is CCOc1ccc(N2C(=O)CS[C@H]2c2cccc(NC(=O)Cc3ccccc3)c2)cc1. The van der Waals surface area contributed by atoms with E-state index in [2.05, 4.69) is 5.32 Å². The first kappa shape index (κ1) is 21.0. The van der Waals surface area contributed by atoms with E-state index >= 15 is 0 Å². The third kappa shape index (κ3) is 5.09. The smallest absolute Gasteiger partial charge is 0.238 e. The van der Waals surface area contributed by atoms with Crippen molar-refractivity contribution in [1.82, 2.24) is 0 Å². The van der Waals surface area contributed by atoms with Crippen LogP contribution in [0.5, 0.6) is 5.75 Å². The molecule has 0 spiro atoms. The molecule has 3 aromatic carbocycles. The predicted molar refractivity (Wildman–Crippen MR) is 126 cm³/mol. The number of carbonyl (C=O) groups is 2. The highest BCUT2D eigenvalue weighted by Gasteiger charge is 2.34. The Morgan fingerprint density at radius 1 is 1.06 bits per heavy atom. The van der Waals surface area contributed by atoms with Gasteiger partial charge in [-0.2, -0.15) is 0 Å². The van der Waals surface area contributed by atoms with Gasteiger partial charge in [-0.3, -0.25) is 14.5 Å². The maximum atomic E-state index is 12.6. The van der Waals surface area contributed by atoms with Crippen molar-refractivity contribution in [2.24, 2.45) is 0 Å². The molecule has 31 heavy (non-hydrogen) atoms. The summed E-state index contributed by atoms with van der Waals surface area (Å²) in [4.78, 5) is 26.9. The summed E-state index contributed by atoms with van der Waals surface area (Å²) in [6.07, 6.45) is 0.319. The fraction of sp³-hybridized carbons (Fsp3) is 0.200. The molecule has 158 valence electrons. The van der Waals surface area contributed by atoms with Crippen LogP contribution in [0.2, 0.25) is 0 Å². The first-order valence-corrected chi connectivity index (χ1v) is 11.3. The average Bonchev–Trinajstić information content (AvgIpc) is 3.17. The summed E-state index contributed by atoms with van der Waals surface area (Å²) in [6.45, 7) is 2.54. The van der Waals surface area contributed by atoms with Crippen LogP contribution in [-0.4, -0.2) is 24.2 Å². The summed E-state index contributed by atoms with van der Waals surface area (Å²) in [5.41, 5.74) is 3.50.